The van der Waals surface area contributed by atoms with Crippen molar-refractivity contribution in [2.45, 2.75) is 4.90 Å². The average Bonchev–Trinajstić information content (AvgIpc) is 1.88. The molecule has 1 aromatic rings. The third-order valence-electron chi connectivity index (χ3n) is 1.02. The second-order valence-corrected chi connectivity index (χ2v) is 3.11. The van der Waals surface area contributed by atoms with Crippen LogP contribution in [0.1, 0.15) is 0 Å². The van der Waals surface area contributed by atoms with Crippen molar-refractivity contribution in [3.63, 3.8) is 0 Å². The van der Waals surface area contributed by atoms with E-state index in [1.165, 1.54) is 12.1 Å². The molecule has 0 saturated heterocycles. The molecule has 0 saturated carbocycles. The van der Waals surface area contributed by atoms with Crippen molar-refractivity contribution < 1.29 is 8.76 Å². The monoisotopic (exact) mass is 200 g/mol. The van der Waals surface area contributed by atoms with E-state index in [4.69, 9.17) is 16.2 Å². The summed E-state index contributed by atoms with van der Waals surface area (Å²) in [5.74, 6) is 0. The molecule has 1 N–H and O–H groups in total. The third kappa shape index (κ3) is 3.69. The van der Waals surface area contributed by atoms with Gasteiger partial charge in [-0.3, -0.25) is 0 Å². The van der Waals surface area contributed by atoms with Gasteiger partial charge in [0.1, 0.15) is 0 Å². The van der Waals surface area contributed by atoms with Gasteiger partial charge < -0.3 is 4.55 Å². The second kappa shape index (κ2) is 5.30. The van der Waals surface area contributed by atoms with E-state index < -0.39 is 11.1 Å². The first-order chi connectivity index (χ1) is 4.70. The van der Waals surface area contributed by atoms with E-state index in [0.29, 0.717) is 9.92 Å². The molecule has 1 aromatic carbocycles. The molecule has 2 nitrogen and oxygen atoms in total. The molecule has 0 spiro atoms. The van der Waals surface area contributed by atoms with E-state index in [9.17, 15) is 4.21 Å². The summed E-state index contributed by atoms with van der Waals surface area (Å²) in [6, 6.07) is 6.17. The normalized spacial score (nSPS) is 11.8. The summed E-state index contributed by atoms with van der Waals surface area (Å²) in [5.41, 5.74) is 0. The fraction of sp³-hybridized carbons (Fsp3) is 0. The molecular formula is C6H6ClNaO2S. The molecule has 0 radical (unpaired) electrons. The molecule has 1 unspecified atom stereocenters. The molecular weight excluding hydrogens is 195 g/mol. The van der Waals surface area contributed by atoms with Crippen LogP contribution in [0.4, 0.5) is 0 Å². The Labute approximate surface area is 94.5 Å². The van der Waals surface area contributed by atoms with Crippen LogP contribution in [0.15, 0.2) is 29.2 Å². The van der Waals surface area contributed by atoms with E-state index in [2.05, 4.69) is 0 Å². The zero-order valence-electron chi connectivity index (χ0n) is 4.95. The molecule has 0 aromatic heterocycles. The van der Waals surface area contributed by atoms with Crippen LogP contribution in [0.5, 0.6) is 0 Å². The average molecular weight is 201 g/mol. The van der Waals surface area contributed by atoms with E-state index in [-0.39, 0.29) is 29.6 Å². The van der Waals surface area contributed by atoms with Crippen LogP contribution in [-0.4, -0.2) is 38.3 Å². The number of hydrogen-bond acceptors (Lipinski definition) is 1. The van der Waals surface area contributed by atoms with Crippen molar-refractivity contribution in [1.29, 1.82) is 0 Å². The molecule has 1 atom stereocenters. The van der Waals surface area contributed by atoms with Crippen LogP contribution >= 0.6 is 11.6 Å². The predicted molar refractivity (Wildman–Crippen MR) is 47.6 cm³/mol. The zero-order chi connectivity index (χ0) is 7.56. The van der Waals surface area contributed by atoms with Crippen molar-refractivity contribution in [3.8, 4) is 0 Å². The quantitative estimate of drug-likeness (QED) is 0.548. The van der Waals surface area contributed by atoms with E-state index in [0.717, 1.165) is 0 Å². The Kier molecular flexibility index (Phi) is 5.60. The molecule has 1 rings (SSSR count). The van der Waals surface area contributed by atoms with Crippen molar-refractivity contribution in [3.05, 3.63) is 29.3 Å². The Bertz CT molecular complexity index is 249. The number of benzene rings is 1. The summed E-state index contributed by atoms with van der Waals surface area (Å²) in [6.45, 7) is 0. The summed E-state index contributed by atoms with van der Waals surface area (Å²) in [4.78, 5) is 0.365. The minimum atomic E-state index is -1.90. The molecule has 0 amide bonds. The van der Waals surface area contributed by atoms with Gasteiger partial charge in [-0.1, -0.05) is 11.6 Å². The van der Waals surface area contributed by atoms with Crippen LogP contribution in [0.3, 0.4) is 0 Å². The molecule has 5 heteroatoms. The molecule has 0 aliphatic rings. The second-order valence-electron chi connectivity index (χ2n) is 1.70. The van der Waals surface area contributed by atoms with Crippen molar-refractivity contribution in [2.24, 2.45) is 0 Å². The van der Waals surface area contributed by atoms with Crippen LogP contribution in [0.2, 0.25) is 5.02 Å². The van der Waals surface area contributed by atoms with Gasteiger partial charge in [-0.15, -0.1) is 0 Å². The summed E-state index contributed by atoms with van der Waals surface area (Å²) in [6.07, 6.45) is 0. The molecule has 0 bridgehead atoms. The van der Waals surface area contributed by atoms with Crippen molar-refractivity contribution in [2.75, 3.05) is 0 Å². The molecule has 0 heterocycles. The van der Waals surface area contributed by atoms with Crippen molar-refractivity contribution in [1.82, 2.24) is 0 Å². The summed E-state index contributed by atoms with van der Waals surface area (Å²) >= 11 is 3.64. The fourth-order valence-corrected chi connectivity index (χ4v) is 1.05. The molecule has 11 heavy (non-hydrogen) atoms. The van der Waals surface area contributed by atoms with Gasteiger partial charge in [-0.2, -0.15) is 0 Å². The van der Waals surface area contributed by atoms with E-state index >= 15 is 0 Å². The predicted octanol–water partition coefficient (Wildman–Crippen LogP) is 1.27. The maximum absolute atomic E-state index is 10.4. The number of hydrogen-bond donors (Lipinski definition) is 1. The molecule has 56 valence electrons. The van der Waals surface area contributed by atoms with Gasteiger partial charge in [0.2, 0.25) is 0 Å². The van der Waals surface area contributed by atoms with Gasteiger partial charge in [0.05, 0.1) is 4.90 Å². The Morgan fingerprint density at radius 3 is 2.09 bits per heavy atom. The van der Waals surface area contributed by atoms with Gasteiger partial charge >= 0.3 is 29.6 Å². The van der Waals surface area contributed by atoms with Crippen LogP contribution < -0.4 is 0 Å². The first-order valence-electron chi connectivity index (χ1n) is 2.56. The standard InChI is InChI=1S/C6H5ClO2S.Na.H/c7-5-1-3-6(4-2-5)10(8)9;;/h1-4H,(H,8,9);;. The summed E-state index contributed by atoms with van der Waals surface area (Å²) in [7, 11) is 0. The Hall–Kier alpha value is 0.620. The Balaban J connectivity index is 0.000001000. The zero-order valence-corrected chi connectivity index (χ0v) is 6.52. The molecule has 0 aliphatic carbocycles. The van der Waals surface area contributed by atoms with Gasteiger partial charge in [0.15, 0.2) is 11.1 Å². The van der Waals surface area contributed by atoms with Crippen LogP contribution in [0, 0.1) is 0 Å². The summed E-state index contributed by atoms with van der Waals surface area (Å²) in [5, 5.41) is 0.564. The number of rotatable bonds is 1. The van der Waals surface area contributed by atoms with Gasteiger partial charge in [0, 0.05) is 5.02 Å². The van der Waals surface area contributed by atoms with Gasteiger partial charge in [-0.25, -0.2) is 4.21 Å². The van der Waals surface area contributed by atoms with Crippen molar-refractivity contribution >= 4 is 52.2 Å². The Morgan fingerprint density at radius 1 is 1.27 bits per heavy atom. The van der Waals surface area contributed by atoms with Crippen LogP contribution in [-0.2, 0) is 11.1 Å². The SMILES string of the molecule is O=S(O)c1ccc(Cl)cc1.[NaH]. The molecule has 0 aliphatic heterocycles. The van der Waals surface area contributed by atoms with Gasteiger partial charge in [0.25, 0.3) is 0 Å². The third-order valence-corrected chi connectivity index (χ3v) is 1.94. The number of halogens is 1. The van der Waals surface area contributed by atoms with E-state index in [1.54, 1.807) is 12.1 Å². The summed E-state index contributed by atoms with van der Waals surface area (Å²) < 4.78 is 18.9. The van der Waals surface area contributed by atoms with Crippen LogP contribution in [0.25, 0.3) is 0 Å². The maximum atomic E-state index is 10.4. The first-order valence-corrected chi connectivity index (χ1v) is 4.05. The first kappa shape index (κ1) is 11.6. The Morgan fingerprint density at radius 2 is 1.73 bits per heavy atom. The van der Waals surface area contributed by atoms with Gasteiger partial charge in [-0.05, 0) is 24.3 Å². The minimum absolute atomic E-state index is 0. The van der Waals surface area contributed by atoms with E-state index in [1.807, 2.05) is 0 Å². The fourth-order valence-electron chi connectivity index (χ4n) is 0.551. The molecule has 0 fully saturated rings. The topological polar surface area (TPSA) is 37.3 Å².